The van der Waals surface area contributed by atoms with Crippen molar-refractivity contribution in [3.63, 3.8) is 0 Å². The fraction of sp³-hybridized carbons (Fsp3) is 0.435. The van der Waals surface area contributed by atoms with E-state index in [9.17, 15) is 13.2 Å². The van der Waals surface area contributed by atoms with E-state index in [-0.39, 0.29) is 24.0 Å². The second kappa shape index (κ2) is 10.7. The molecule has 9 heteroatoms. The molecular formula is C23H31N3O5S. The van der Waals surface area contributed by atoms with Crippen LogP contribution in [0.2, 0.25) is 0 Å². The summed E-state index contributed by atoms with van der Waals surface area (Å²) in [4.78, 5) is 14.3. The molecule has 2 aromatic carbocycles. The lowest BCUT2D eigenvalue weighted by atomic mass is 9.98. The van der Waals surface area contributed by atoms with E-state index in [0.717, 1.165) is 6.42 Å². The average molecular weight is 462 g/mol. The molecule has 1 unspecified atom stereocenters. The number of hydrogen-bond acceptors (Lipinski definition) is 5. The van der Waals surface area contributed by atoms with Crippen LogP contribution in [-0.2, 0) is 10.0 Å². The fourth-order valence-electron chi connectivity index (χ4n) is 3.71. The third-order valence-corrected chi connectivity index (χ3v) is 7.64. The molecule has 1 atom stereocenters. The monoisotopic (exact) mass is 461 g/mol. The molecule has 1 N–H and O–H groups in total. The maximum atomic E-state index is 13.0. The Labute approximate surface area is 190 Å². The van der Waals surface area contributed by atoms with Gasteiger partial charge in [-0.15, -0.1) is 0 Å². The Morgan fingerprint density at radius 1 is 1.00 bits per heavy atom. The predicted molar refractivity (Wildman–Crippen MR) is 123 cm³/mol. The molecular weight excluding hydrogens is 430 g/mol. The van der Waals surface area contributed by atoms with Crippen LogP contribution in [0, 0.1) is 0 Å². The van der Waals surface area contributed by atoms with E-state index in [0.29, 0.717) is 37.1 Å². The van der Waals surface area contributed by atoms with Crippen molar-refractivity contribution in [1.29, 1.82) is 0 Å². The van der Waals surface area contributed by atoms with Gasteiger partial charge in [0.2, 0.25) is 10.0 Å². The van der Waals surface area contributed by atoms with E-state index in [4.69, 9.17) is 9.47 Å². The highest BCUT2D eigenvalue weighted by molar-refractivity contribution is 7.89. The van der Waals surface area contributed by atoms with Crippen LogP contribution in [-0.4, -0.2) is 70.6 Å². The number of rotatable bonds is 8. The van der Waals surface area contributed by atoms with Gasteiger partial charge in [-0.05, 0) is 30.0 Å². The zero-order valence-corrected chi connectivity index (χ0v) is 19.6. The molecule has 3 rings (SSSR count). The smallest absolute Gasteiger partial charge is 0.317 e. The molecule has 2 amide bonds. The molecule has 1 fully saturated rings. The van der Waals surface area contributed by atoms with Crippen molar-refractivity contribution in [2.75, 3.05) is 46.9 Å². The number of benzene rings is 2. The number of carbonyl (C=O) groups is 1. The van der Waals surface area contributed by atoms with Gasteiger partial charge in [-0.25, -0.2) is 13.2 Å². The molecule has 0 aromatic heterocycles. The summed E-state index contributed by atoms with van der Waals surface area (Å²) in [6.45, 7) is 3.87. The number of carbonyl (C=O) groups excluding carboxylic acids is 1. The summed E-state index contributed by atoms with van der Waals surface area (Å²) in [6, 6.07) is 14.6. The Bertz CT molecular complexity index is 1010. The Kier molecular flexibility index (Phi) is 7.98. The Morgan fingerprint density at radius 3 is 2.28 bits per heavy atom. The fourth-order valence-corrected chi connectivity index (χ4v) is 5.15. The van der Waals surface area contributed by atoms with Crippen molar-refractivity contribution < 1.29 is 22.7 Å². The van der Waals surface area contributed by atoms with E-state index in [1.165, 1.54) is 36.2 Å². The minimum Gasteiger partial charge on any atom is -0.493 e. The second-order valence-electron chi connectivity index (χ2n) is 7.74. The van der Waals surface area contributed by atoms with Gasteiger partial charge in [-0.2, -0.15) is 4.31 Å². The molecule has 0 bridgehead atoms. The highest BCUT2D eigenvalue weighted by Crippen LogP contribution is 2.30. The van der Waals surface area contributed by atoms with Gasteiger partial charge in [0.05, 0.1) is 19.1 Å². The largest absolute Gasteiger partial charge is 0.493 e. The van der Waals surface area contributed by atoms with Crippen LogP contribution in [0.5, 0.6) is 11.5 Å². The van der Waals surface area contributed by atoms with Crippen molar-refractivity contribution in [3.05, 3.63) is 54.1 Å². The number of amides is 2. The standard InChI is InChI=1S/C23H31N3O5S/c1-18(19-7-5-4-6-8-19)11-12-24-23(27)25-13-15-26(16-14-25)32(28,29)20-9-10-21(30-2)22(17-20)31-3/h4-10,17-18H,11-16H2,1-3H3,(H,24,27). The summed E-state index contributed by atoms with van der Waals surface area (Å²) < 4.78 is 37.8. The Hall–Kier alpha value is -2.78. The van der Waals surface area contributed by atoms with Gasteiger partial charge >= 0.3 is 6.03 Å². The van der Waals surface area contributed by atoms with Crippen molar-refractivity contribution in [2.45, 2.75) is 24.2 Å². The Balaban J connectivity index is 1.51. The first-order valence-corrected chi connectivity index (χ1v) is 12.1. The summed E-state index contributed by atoms with van der Waals surface area (Å²) >= 11 is 0. The molecule has 0 spiro atoms. The third-order valence-electron chi connectivity index (χ3n) is 5.74. The number of hydrogen-bond donors (Lipinski definition) is 1. The molecule has 1 aliphatic heterocycles. The van der Waals surface area contributed by atoms with Crippen molar-refractivity contribution >= 4 is 16.1 Å². The minimum absolute atomic E-state index is 0.142. The zero-order valence-electron chi connectivity index (χ0n) is 18.8. The number of ether oxygens (including phenoxy) is 2. The lowest BCUT2D eigenvalue weighted by molar-refractivity contribution is 0.172. The molecule has 0 radical (unpaired) electrons. The van der Waals surface area contributed by atoms with Crippen molar-refractivity contribution in [3.8, 4) is 11.5 Å². The number of urea groups is 1. The maximum absolute atomic E-state index is 13.0. The van der Waals surface area contributed by atoms with Gasteiger partial charge in [-0.1, -0.05) is 37.3 Å². The van der Waals surface area contributed by atoms with Gasteiger partial charge in [-0.3, -0.25) is 0 Å². The average Bonchev–Trinajstić information content (AvgIpc) is 2.83. The van der Waals surface area contributed by atoms with E-state index < -0.39 is 10.0 Å². The van der Waals surface area contributed by atoms with E-state index in [2.05, 4.69) is 24.4 Å². The van der Waals surface area contributed by atoms with Gasteiger partial charge in [0.25, 0.3) is 0 Å². The molecule has 8 nitrogen and oxygen atoms in total. The van der Waals surface area contributed by atoms with Gasteiger partial charge in [0.1, 0.15) is 0 Å². The summed E-state index contributed by atoms with van der Waals surface area (Å²) in [7, 11) is -0.725. The molecule has 1 saturated heterocycles. The van der Waals surface area contributed by atoms with E-state index >= 15 is 0 Å². The van der Waals surface area contributed by atoms with Crippen LogP contribution in [0.15, 0.2) is 53.4 Å². The lowest BCUT2D eigenvalue weighted by Gasteiger charge is -2.34. The van der Waals surface area contributed by atoms with Crippen LogP contribution >= 0.6 is 0 Å². The molecule has 1 aliphatic rings. The minimum atomic E-state index is -3.69. The number of methoxy groups -OCH3 is 2. The molecule has 0 aliphatic carbocycles. The topological polar surface area (TPSA) is 88.2 Å². The summed E-state index contributed by atoms with van der Waals surface area (Å²) in [5, 5.41) is 2.95. The summed E-state index contributed by atoms with van der Waals surface area (Å²) in [6.07, 6.45) is 0.837. The van der Waals surface area contributed by atoms with Crippen LogP contribution in [0.3, 0.4) is 0 Å². The normalized spacial score (nSPS) is 15.8. The quantitative estimate of drug-likeness (QED) is 0.653. The first-order valence-electron chi connectivity index (χ1n) is 10.7. The van der Waals surface area contributed by atoms with Gasteiger partial charge in [0, 0.05) is 38.8 Å². The van der Waals surface area contributed by atoms with Crippen LogP contribution in [0.1, 0.15) is 24.8 Å². The highest BCUT2D eigenvalue weighted by Gasteiger charge is 2.30. The molecule has 32 heavy (non-hydrogen) atoms. The van der Waals surface area contributed by atoms with Gasteiger partial charge in [0.15, 0.2) is 11.5 Å². The number of sulfonamides is 1. The highest BCUT2D eigenvalue weighted by atomic mass is 32.2. The van der Waals surface area contributed by atoms with E-state index in [1.807, 2.05) is 18.2 Å². The maximum Gasteiger partial charge on any atom is 0.317 e. The SMILES string of the molecule is COc1ccc(S(=O)(=O)N2CCN(C(=O)NCCC(C)c3ccccc3)CC2)cc1OC. The number of nitrogens with zero attached hydrogens (tertiary/aromatic N) is 2. The zero-order chi connectivity index (χ0) is 23.1. The predicted octanol–water partition coefficient (Wildman–Crippen LogP) is 2.91. The first kappa shape index (κ1) is 23.9. The summed E-state index contributed by atoms with van der Waals surface area (Å²) in [5.41, 5.74) is 1.25. The molecule has 174 valence electrons. The van der Waals surface area contributed by atoms with E-state index in [1.54, 1.807) is 11.0 Å². The Morgan fingerprint density at radius 2 is 1.66 bits per heavy atom. The number of nitrogens with one attached hydrogen (secondary N) is 1. The molecule has 1 heterocycles. The van der Waals surface area contributed by atoms with Crippen molar-refractivity contribution in [1.82, 2.24) is 14.5 Å². The third kappa shape index (κ3) is 5.52. The number of piperazine rings is 1. The van der Waals surface area contributed by atoms with Crippen LogP contribution in [0.25, 0.3) is 0 Å². The van der Waals surface area contributed by atoms with Crippen molar-refractivity contribution in [2.24, 2.45) is 0 Å². The molecule has 2 aromatic rings. The molecule has 0 saturated carbocycles. The lowest BCUT2D eigenvalue weighted by Crippen LogP contribution is -2.53. The van der Waals surface area contributed by atoms with Crippen LogP contribution < -0.4 is 14.8 Å². The second-order valence-corrected chi connectivity index (χ2v) is 9.68. The first-order chi connectivity index (χ1) is 15.4. The summed E-state index contributed by atoms with van der Waals surface area (Å²) in [5.74, 6) is 1.17. The van der Waals surface area contributed by atoms with Gasteiger partial charge < -0.3 is 19.7 Å². The van der Waals surface area contributed by atoms with Crippen LogP contribution in [0.4, 0.5) is 4.79 Å².